The average Bonchev–Trinajstić information content (AvgIpc) is 2.51. The van der Waals surface area contributed by atoms with Gasteiger partial charge in [-0.2, -0.15) is 0 Å². The van der Waals surface area contributed by atoms with E-state index in [1.54, 1.807) is 25.3 Å². The second kappa shape index (κ2) is 10.1. The van der Waals surface area contributed by atoms with Gasteiger partial charge >= 0.3 is 0 Å². The van der Waals surface area contributed by atoms with Gasteiger partial charge < -0.3 is 4.74 Å². The third-order valence-corrected chi connectivity index (χ3v) is 5.41. The molecule has 0 N–H and O–H groups in total. The molecule has 138 valence electrons. The molecule has 0 bridgehead atoms. The van der Waals surface area contributed by atoms with Crippen LogP contribution in [0.5, 0.6) is 5.75 Å². The van der Waals surface area contributed by atoms with Gasteiger partial charge in [-0.05, 0) is 47.2 Å². The second-order valence-corrected chi connectivity index (χ2v) is 8.02. The lowest BCUT2D eigenvalue weighted by molar-refractivity contribution is 0.414. The first-order chi connectivity index (χ1) is 11.6. The molecule has 6 heteroatoms. The number of halogens is 5. The molecule has 0 aliphatic carbocycles. The molecule has 2 rings (SSSR count). The molecule has 0 heterocycles. The van der Waals surface area contributed by atoms with Crippen molar-refractivity contribution in [3.8, 4) is 5.75 Å². The molecule has 0 fully saturated rings. The molecular formula is C19H21Cl5O. The Morgan fingerprint density at radius 3 is 1.44 bits per heavy atom. The number of ether oxygens (including phenoxy) is 1. The highest BCUT2D eigenvalue weighted by Gasteiger charge is 2.14. The zero-order valence-electron chi connectivity index (χ0n) is 14.8. The topological polar surface area (TPSA) is 9.23 Å². The molecule has 0 unspecified atom stereocenters. The maximum absolute atomic E-state index is 6.10. The monoisotopic (exact) mass is 440 g/mol. The maximum Gasteiger partial charge on any atom is 0.137 e. The lowest BCUT2D eigenvalue weighted by Gasteiger charge is -2.13. The zero-order chi connectivity index (χ0) is 19.3. The van der Waals surface area contributed by atoms with Crippen molar-refractivity contribution in [2.75, 3.05) is 7.11 Å². The minimum absolute atomic E-state index is 0.295. The molecule has 1 nitrogen and oxygen atoms in total. The quantitative estimate of drug-likeness (QED) is 0.431. The Morgan fingerprint density at radius 1 is 0.640 bits per heavy atom. The van der Waals surface area contributed by atoms with Crippen LogP contribution in [0.15, 0.2) is 24.3 Å². The maximum atomic E-state index is 6.10. The number of hydrogen-bond acceptors (Lipinski definition) is 1. The van der Waals surface area contributed by atoms with Crippen molar-refractivity contribution in [2.45, 2.75) is 39.5 Å². The molecule has 0 aliphatic rings. The predicted octanol–water partition coefficient (Wildman–Crippen LogP) is 8.90. The standard InChI is InChI=1S/C10H12Cl2O.C9H9Cl3/c1-6(2)9-7(11)4-5-8(13-3)10(9)12;1-5(2)8-6(10)3-4-7(11)9(8)12/h4-6H,1-3H3;3-5H,1-2H3. The van der Waals surface area contributed by atoms with Crippen LogP contribution in [-0.2, 0) is 0 Å². The van der Waals surface area contributed by atoms with Gasteiger partial charge in [-0.15, -0.1) is 0 Å². The summed E-state index contributed by atoms with van der Waals surface area (Å²) >= 11 is 29.9. The summed E-state index contributed by atoms with van der Waals surface area (Å²) in [6.45, 7) is 8.16. The summed E-state index contributed by atoms with van der Waals surface area (Å²) in [6.07, 6.45) is 0. The van der Waals surface area contributed by atoms with E-state index in [1.807, 2.05) is 33.8 Å². The molecule has 0 aliphatic heterocycles. The highest BCUT2D eigenvalue weighted by molar-refractivity contribution is 6.44. The lowest BCUT2D eigenvalue weighted by Crippen LogP contribution is -1.93. The van der Waals surface area contributed by atoms with Crippen LogP contribution in [0.2, 0.25) is 25.1 Å². The largest absolute Gasteiger partial charge is 0.495 e. The van der Waals surface area contributed by atoms with Crippen LogP contribution in [0.25, 0.3) is 0 Å². The van der Waals surface area contributed by atoms with E-state index < -0.39 is 0 Å². The van der Waals surface area contributed by atoms with Crippen LogP contribution in [-0.4, -0.2) is 7.11 Å². The molecule has 0 radical (unpaired) electrons. The van der Waals surface area contributed by atoms with Gasteiger partial charge in [-0.3, -0.25) is 0 Å². The fourth-order valence-electron chi connectivity index (χ4n) is 2.31. The van der Waals surface area contributed by atoms with Crippen molar-refractivity contribution >= 4 is 58.0 Å². The van der Waals surface area contributed by atoms with E-state index >= 15 is 0 Å². The van der Waals surface area contributed by atoms with Crippen LogP contribution < -0.4 is 4.74 Å². The first kappa shape index (κ1) is 22.7. The number of hydrogen-bond donors (Lipinski definition) is 0. The minimum Gasteiger partial charge on any atom is -0.495 e. The lowest BCUT2D eigenvalue weighted by atomic mass is 10.0. The molecule has 0 atom stereocenters. The van der Waals surface area contributed by atoms with E-state index in [2.05, 4.69) is 0 Å². The Bertz CT molecular complexity index is 726. The van der Waals surface area contributed by atoms with Gasteiger partial charge in [-0.25, -0.2) is 0 Å². The van der Waals surface area contributed by atoms with Crippen LogP contribution >= 0.6 is 58.0 Å². The van der Waals surface area contributed by atoms with Crippen LogP contribution in [0, 0.1) is 0 Å². The SMILES string of the molecule is CC(C)c1c(Cl)ccc(Cl)c1Cl.COc1ccc(Cl)c(C(C)C)c1Cl. The fraction of sp³-hybridized carbons (Fsp3) is 0.368. The smallest absolute Gasteiger partial charge is 0.137 e. The Labute approximate surface area is 175 Å². The minimum atomic E-state index is 0.295. The van der Waals surface area contributed by atoms with Crippen molar-refractivity contribution in [2.24, 2.45) is 0 Å². The number of methoxy groups -OCH3 is 1. The van der Waals surface area contributed by atoms with E-state index in [1.165, 1.54) is 0 Å². The number of rotatable bonds is 3. The van der Waals surface area contributed by atoms with E-state index in [0.29, 0.717) is 42.7 Å². The molecule has 0 saturated carbocycles. The van der Waals surface area contributed by atoms with Gasteiger partial charge in [0.05, 0.1) is 22.2 Å². The molecule has 0 saturated heterocycles. The Hall–Kier alpha value is -0.310. The highest BCUT2D eigenvalue weighted by atomic mass is 35.5. The fourth-order valence-corrected chi connectivity index (χ4v) is 4.16. The van der Waals surface area contributed by atoms with Crippen LogP contribution in [0.1, 0.15) is 50.7 Å². The summed E-state index contributed by atoms with van der Waals surface area (Å²) in [6, 6.07) is 7.06. The van der Waals surface area contributed by atoms with E-state index in [-0.39, 0.29) is 0 Å². The van der Waals surface area contributed by atoms with E-state index in [0.717, 1.165) is 11.1 Å². The van der Waals surface area contributed by atoms with Crippen LogP contribution in [0.3, 0.4) is 0 Å². The second-order valence-electron chi connectivity index (χ2n) is 6.04. The summed E-state index contributed by atoms with van der Waals surface area (Å²) in [5.74, 6) is 1.27. The van der Waals surface area contributed by atoms with Gasteiger partial charge in [0.2, 0.25) is 0 Å². The summed E-state index contributed by atoms with van der Waals surface area (Å²) in [5, 5.41) is 3.12. The molecule has 0 aromatic heterocycles. The summed E-state index contributed by atoms with van der Waals surface area (Å²) < 4.78 is 5.10. The van der Waals surface area contributed by atoms with Gasteiger partial charge in [-0.1, -0.05) is 85.7 Å². The zero-order valence-corrected chi connectivity index (χ0v) is 18.5. The van der Waals surface area contributed by atoms with Crippen molar-refractivity contribution in [3.05, 3.63) is 60.5 Å². The molecule has 25 heavy (non-hydrogen) atoms. The Morgan fingerprint density at radius 2 is 1.04 bits per heavy atom. The van der Waals surface area contributed by atoms with Crippen molar-refractivity contribution in [1.82, 2.24) is 0 Å². The van der Waals surface area contributed by atoms with E-state index in [4.69, 9.17) is 62.7 Å². The highest BCUT2D eigenvalue weighted by Crippen LogP contribution is 2.37. The number of benzene rings is 2. The first-order valence-electron chi connectivity index (χ1n) is 7.77. The average molecular weight is 443 g/mol. The first-order valence-corrected chi connectivity index (χ1v) is 9.66. The molecule has 2 aromatic rings. The Kier molecular flexibility index (Phi) is 9.21. The third kappa shape index (κ3) is 5.84. The predicted molar refractivity (Wildman–Crippen MR) is 113 cm³/mol. The summed E-state index contributed by atoms with van der Waals surface area (Å²) in [4.78, 5) is 0. The van der Waals surface area contributed by atoms with Crippen molar-refractivity contribution in [1.29, 1.82) is 0 Å². The van der Waals surface area contributed by atoms with Crippen LogP contribution in [0.4, 0.5) is 0 Å². The van der Waals surface area contributed by atoms with Crippen molar-refractivity contribution in [3.63, 3.8) is 0 Å². The molecule has 0 spiro atoms. The molecule has 0 amide bonds. The molecule has 2 aromatic carbocycles. The van der Waals surface area contributed by atoms with E-state index in [9.17, 15) is 0 Å². The van der Waals surface area contributed by atoms with Gasteiger partial charge in [0.1, 0.15) is 5.75 Å². The summed E-state index contributed by atoms with van der Waals surface area (Å²) in [5.41, 5.74) is 1.87. The molecular weight excluding hydrogens is 421 g/mol. The third-order valence-electron chi connectivity index (χ3n) is 3.55. The normalized spacial score (nSPS) is 10.7. The van der Waals surface area contributed by atoms with Gasteiger partial charge in [0.15, 0.2) is 0 Å². The van der Waals surface area contributed by atoms with Gasteiger partial charge in [0.25, 0.3) is 0 Å². The summed E-state index contributed by atoms with van der Waals surface area (Å²) in [7, 11) is 1.60. The van der Waals surface area contributed by atoms with Crippen molar-refractivity contribution < 1.29 is 4.74 Å². The Balaban J connectivity index is 0.000000251. The van der Waals surface area contributed by atoms with Gasteiger partial charge in [0, 0.05) is 10.0 Å².